The highest BCUT2D eigenvalue weighted by Crippen LogP contribution is 2.35. The number of ether oxygens (including phenoxy) is 1. The second-order valence-electron chi connectivity index (χ2n) is 4.10. The summed E-state index contributed by atoms with van der Waals surface area (Å²) in [5.41, 5.74) is 1.40. The molecule has 15 heavy (non-hydrogen) atoms. The van der Waals surface area contributed by atoms with Crippen molar-refractivity contribution in [3.63, 3.8) is 0 Å². The molecule has 0 aromatic rings. The van der Waals surface area contributed by atoms with E-state index in [9.17, 15) is 0 Å². The van der Waals surface area contributed by atoms with Gasteiger partial charge in [-0.25, -0.2) is 0 Å². The van der Waals surface area contributed by atoms with Crippen LogP contribution < -0.4 is 5.32 Å². The Labute approximate surface area is 96.5 Å². The third kappa shape index (κ3) is 1.84. The van der Waals surface area contributed by atoms with E-state index < -0.39 is 0 Å². The Bertz CT molecular complexity index is 333. The molecule has 2 aliphatic carbocycles. The van der Waals surface area contributed by atoms with E-state index in [4.69, 9.17) is 4.74 Å². The van der Waals surface area contributed by atoms with Gasteiger partial charge in [-0.2, -0.15) is 0 Å². The van der Waals surface area contributed by atoms with Crippen LogP contribution in [0.25, 0.3) is 0 Å². The molecule has 0 spiro atoms. The van der Waals surface area contributed by atoms with Crippen molar-refractivity contribution in [3.8, 4) is 0 Å². The highest BCUT2D eigenvalue weighted by Gasteiger charge is 2.30. The highest BCUT2D eigenvalue weighted by atomic mass is 35.5. The summed E-state index contributed by atoms with van der Waals surface area (Å²) in [6.45, 7) is 1.81. The minimum Gasteiger partial charge on any atom is -0.495 e. The molecule has 0 bridgehead atoms. The summed E-state index contributed by atoms with van der Waals surface area (Å²) in [4.78, 5) is 0. The van der Waals surface area contributed by atoms with Crippen LogP contribution in [-0.4, -0.2) is 19.2 Å². The monoisotopic (exact) mass is 225 g/mol. The molecule has 0 saturated carbocycles. The molecule has 3 rings (SSSR count). The van der Waals surface area contributed by atoms with E-state index in [1.807, 2.05) is 0 Å². The molecule has 1 N–H and O–H groups in total. The van der Waals surface area contributed by atoms with Crippen LogP contribution in [0.4, 0.5) is 0 Å². The van der Waals surface area contributed by atoms with Gasteiger partial charge in [0.25, 0.3) is 0 Å². The maximum absolute atomic E-state index is 5.78. The van der Waals surface area contributed by atoms with Gasteiger partial charge in [0.2, 0.25) is 0 Å². The van der Waals surface area contributed by atoms with Crippen LogP contribution in [0.3, 0.4) is 0 Å². The van der Waals surface area contributed by atoms with E-state index in [1.165, 1.54) is 24.2 Å². The van der Waals surface area contributed by atoms with Crippen molar-refractivity contribution in [2.75, 3.05) is 13.2 Å². The predicted molar refractivity (Wildman–Crippen MR) is 63.0 cm³/mol. The van der Waals surface area contributed by atoms with Gasteiger partial charge in [-0.05, 0) is 18.4 Å². The number of morpholine rings is 1. The van der Waals surface area contributed by atoms with Gasteiger partial charge in [0.15, 0.2) is 0 Å². The Balaban J connectivity index is 0.000000853. The third-order valence-corrected chi connectivity index (χ3v) is 3.25. The van der Waals surface area contributed by atoms with Crippen molar-refractivity contribution in [2.24, 2.45) is 5.92 Å². The van der Waals surface area contributed by atoms with Gasteiger partial charge in [-0.3, -0.25) is 0 Å². The first-order chi connectivity index (χ1) is 6.95. The molecule has 0 amide bonds. The summed E-state index contributed by atoms with van der Waals surface area (Å²) >= 11 is 0. The molecule has 2 nitrogen and oxygen atoms in total. The number of rotatable bonds is 0. The molecule has 2 unspecified atom stereocenters. The zero-order chi connectivity index (χ0) is 9.38. The summed E-state index contributed by atoms with van der Waals surface area (Å²) in [6.07, 6.45) is 11.2. The second-order valence-corrected chi connectivity index (χ2v) is 4.10. The average molecular weight is 226 g/mol. The summed E-state index contributed by atoms with van der Waals surface area (Å²) < 4.78 is 5.78. The van der Waals surface area contributed by atoms with E-state index in [0.29, 0.717) is 12.0 Å². The lowest BCUT2D eigenvalue weighted by Gasteiger charge is -2.36. The summed E-state index contributed by atoms with van der Waals surface area (Å²) in [5, 5.41) is 3.51. The van der Waals surface area contributed by atoms with E-state index in [-0.39, 0.29) is 12.4 Å². The van der Waals surface area contributed by atoms with Gasteiger partial charge in [0.05, 0.1) is 6.04 Å². The minimum absolute atomic E-state index is 0. The maximum Gasteiger partial charge on any atom is 0.117 e. The normalized spacial score (nSPS) is 32.5. The van der Waals surface area contributed by atoms with Crippen LogP contribution in [0.15, 0.2) is 35.6 Å². The molecule has 0 radical (unpaired) electrons. The van der Waals surface area contributed by atoms with E-state index in [1.54, 1.807) is 0 Å². The van der Waals surface area contributed by atoms with Gasteiger partial charge in [0, 0.05) is 12.5 Å². The van der Waals surface area contributed by atoms with Gasteiger partial charge < -0.3 is 10.1 Å². The number of allylic oxidation sites excluding steroid dienone is 5. The lowest BCUT2D eigenvalue weighted by Crippen LogP contribution is -2.43. The maximum atomic E-state index is 5.78. The van der Waals surface area contributed by atoms with Crippen LogP contribution in [0, 0.1) is 5.92 Å². The summed E-state index contributed by atoms with van der Waals surface area (Å²) in [5.74, 6) is 1.80. The molecular formula is C12H16ClNO. The number of hydrogen-bond acceptors (Lipinski definition) is 2. The molecular weight excluding hydrogens is 210 g/mol. The molecule has 1 aliphatic heterocycles. The van der Waals surface area contributed by atoms with Gasteiger partial charge >= 0.3 is 0 Å². The van der Waals surface area contributed by atoms with Crippen LogP contribution in [0.1, 0.15) is 12.8 Å². The molecule has 0 aromatic heterocycles. The lowest BCUT2D eigenvalue weighted by atomic mass is 9.81. The van der Waals surface area contributed by atoms with Crippen molar-refractivity contribution >= 4 is 12.4 Å². The van der Waals surface area contributed by atoms with Crippen LogP contribution in [0.2, 0.25) is 0 Å². The second kappa shape index (κ2) is 4.42. The fraction of sp³-hybridized carbons (Fsp3) is 0.500. The SMILES string of the molecule is C1=CC2=C3OCCNC3CCC2C=C1.Cl. The Morgan fingerprint density at radius 2 is 2.20 bits per heavy atom. The number of hydrogen-bond donors (Lipinski definition) is 1. The first-order valence-corrected chi connectivity index (χ1v) is 5.40. The fourth-order valence-electron chi connectivity index (χ4n) is 2.55. The standard InChI is InChI=1S/C12H15NO.ClH/c1-2-4-10-9(3-1)5-6-11-12(10)14-8-7-13-11;/h1-4,9,11,13H,5-8H2;1H. The van der Waals surface area contributed by atoms with Gasteiger partial charge in [-0.15, -0.1) is 12.4 Å². The van der Waals surface area contributed by atoms with E-state index in [0.717, 1.165) is 13.2 Å². The van der Waals surface area contributed by atoms with E-state index >= 15 is 0 Å². The predicted octanol–water partition coefficient (Wildman–Crippen LogP) is 2.19. The van der Waals surface area contributed by atoms with Crippen LogP contribution in [-0.2, 0) is 4.74 Å². The van der Waals surface area contributed by atoms with Crippen molar-refractivity contribution in [1.29, 1.82) is 0 Å². The Hall–Kier alpha value is -0.730. The van der Waals surface area contributed by atoms with E-state index in [2.05, 4.69) is 29.6 Å². The molecule has 1 fully saturated rings. The summed E-state index contributed by atoms with van der Waals surface area (Å²) in [7, 11) is 0. The Kier molecular flexibility index (Phi) is 3.17. The zero-order valence-corrected chi connectivity index (χ0v) is 9.43. The number of halogens is 1. The molecule has 1 saturated heterocycles. The number of fused-ring (bicyclic) bond motifs is 2. The molecule has 3 aliphatic rings. The topological polar surface area (TPSA) is 21.3 Å². The van der Waals surface area contributed by atoms with Crippen LogP contribution >= 0.6 is 12.4 Å². The first-order valence-electron chi connectivity index (χ1n) is 5.40. The van der Waals surface area contributed by atoms with Crippen molar-refractivity contribution < 1.29 is 4.74 Å². The average Bonchev–Trinajstić information content (AvgIpc) is 2.29. The molecule has 82 valence electrons. The molecule has 2 atom stereocenters. The zero-order valence-electron chi connectivity index (χ0n) is 8.61. The highest BCUT2D eigenvalue weighted by molar-refractivity contribution is 5.85. The largest absolute Gasteiger partial charge is 0.495 e. The molecule has 3 heteroatoms. The van der Waals surface area contributed by atoms with Crippen molar-refractivity contribution in [3.05, 3.63) is 35.6 Å². The number of nitrogens with one attached hydrogen (secondary N) is 1. The Morgan fingerprint density at radius 1 is 1.27 bits per heavy atom. The minimum atomic E-state index is 0. The Morgan fingerprint density at radius 3 is 3.13 bits per heavy atom. The molecule has 1 heterocycles. The van der Waals surface area contributed by atoms with Gasteiger partial charge in [0.1, 0.15) is 12.4 Å². The quantitative estimate of drug-likeness (QED) is 0.683. The lowest BCUT2D eigenvalue weighted by molar-refractivity contribution is 0.131. The van der Waals surface area contributed by atoms with Crippen molar-refractivity contribution in [2.45, 2.75) is 18.9 Å². The van der Waals surface area contributed by atoms with Gasteiger partial charge in [-0.1, -0.05) is 24.3 Å². The smallest absolute Gasteiger partial charge is 0.117 e. The van der Waals surface area contributed by atoms with Crippen molar-refractivity contribution in [1.82, 2.24) is 5.32 Å². The summed E-state index contributed by atoms with van der Waals surface area (Å²) in [6, 6.07) is 0.478. The fourth-order valence-corrected chi connectivity index (χ4v) is 2.55. The first kappa shape index (κ1) is 10.8. The molecule has 0 aromatic carbocycles. The van der Waals surface area contributed by atoms with Crippen LogP contribution in [0.5, 0.6) is 0 Å². The third-order valence-electron chi connectivity index (χ3n) is 3.25.